The van der Waals surface area contributed by atoms with Gasteiger partial charge in [-0.2, -0.15) is 0 Å². The number of carboxylic acid groups (broad SMARTS) is 1. The smallest absolute Gasteiger partial charge is 0.341 e. The van der Waals surface area contributed by atoms with E-state index in [1.165, 1.54) is 25.3 Å². The predicted octanol–water partition coefficient (Wildman–Crippen LogP) is 1.28. The van der Waals surface area contributed by atoms with Gasteiger partial charge in [0, 0.05) is 0 Å². The Balaban J connectivity index is 3.22. The van der Waals surface area contributed by atoms with Crippen molar-refractivity contribution in [1.82, 2.24) is 0 Å². The van der Waals surface area contributed by atoms with Crippen LogP contribution in [0.2, 0.25) is 0 Å². The number of hydrogen-bond donors (Lipinski definition) is 2. The molecule has 84 valence electrons. The number of methoxy groups -OCH3 is 1. The van der Waals surface area contributed by atoms with E-state index < -0.39 is 11.9 Å². The topological polar surface area (TPSA) is 83.8 Å². The van der Waals surface area contributed by atoms with Crippen LogP contribution in [-0.4, -0.2) is 29.3 Å². The molecule has 5 nitrogen and oxygen atoms in total. The SMILES string of the molecule is C=C(C(=O)O)c1ccc(O)c(C(=O)OC)c1. The Morgan fingerprint density at radius 3 is 2.50 bits per heavy atom. The molecule has 1 aromatic rings. The summed E-state index contributed by atoms with van der Waals surface area (Å²) in [6.45, 7) is 3.35. The van der Waals surface area contributed by atoms with Gasteiger partial charge in [0.2, 0.25) is 0 Å². The molecule has 0 aromatic heterocycles. The lowest BCUT2D eigenvalue weighted by atomic mass is 10.0. The summed E-state index contributed by atoms with van der Waals surface area (Å²) in [7, 11) is 1.17. The maximum absolute atomic E-state index is 11.2. The Hall–Kier alpha value is -2.30. The third-order valence-electron chi connectivity index (χ3n) is 2.01. The van der Waals surface area contributed by atoms with Crippen molar-refractivity contribution in [3.05, 3.63) is 35.9 Å². The van der Waals surface area contributed by atoms with E-state index in [0.717, 1.165) is 0 Å². The molecule has 0 unspecified atom stereocenters. The Labute approximate surface area is 91.6 Å². The highest BCUT2D eigenvalue weighted by molar-refractivity contribution is 6.14. The normalized spacial score (nSPS) is 9.56. The number of phenolic OH excluding ortho intramolecular Hbond substituents is 1. The number of esters is 1. The van der Waals surface area contributed by atoms with Crippen molar-refractivity contribution in [2.24, 2.45) is 0 Å². The second-order valence-corrected chi connectivity index (χ2v) is 3.01. The van der Waals surface area contributed by atoms with Gasteiger partial charge < -0.3 is 14.9 Å². The quantitative estimate of drug-likeness (QED) is 0.594. The summed E-state index contributed by atoms with van der Waals surface area (Å²) in [5.41, 5.74) is -0.0155. The van der Waals surface area contributed by atoms with Gasteiger partial charge in [0.05, 0.1) is 12.7 Å². The fourth-order valence-electron chi connectivity index (χ4n) is 1.12. The van der Waals surface area contributed by atoms with Crippen LogP contribution in [-0.2, 0) is 9.53 Å². The van der Waals surface area contributed by atoms with Crippen LogP contribution in [0.15, 0.2) is 24.8 Å². The number of phenols is 1. The molecule has 0 saturated heterocycles. The molecule has 0 heterocycles. The maximum Gasteiger partial charge on any atom is 0.341 e. The summed E-state index contributed by atoms with van der Waals surface area (Å²) >= 11 is 0. The number of carbonyl (C=O) groups is 2. The average molecular weight is 222 g/mol. The number of carbonyl (C=O) groups excluding carboxylic acids is 1. The Kier molecular flexibility index (Phi) is 3.30. The van der Waals surface area contributed by atoms with Crippen LogP contribution < -0.4 is 0 Å². The summed E-state index contributed by atoms with van der Waals surface area (Å²) in [6.07, 6.45) is 0. The molecule has 2 N–H and O–H groups in total. The van der Waals surface area contributed by atoms with Crippen LogP contribution in [0.25, 0.3) is 5.57 Å². The summed E-state index contributed by atoms with van der Waals surface area (Å²) in [5, 5.41) is 18.1. The van der Waals surface area contributed by atoms with Crippen LogP contribution in [0.3, 0.4) is 0 Å². The fourth-order valence-corrected chi connectivity index (χ4v) is 1.12. The number of rotatable bonds is 3. The van der Waals surface area contributed by atoms with E-state index in [0.29, 0.717) is 0 Å². The molecule has 0 saturated carbocycles. The fraction of sp³-hybridized carbons (Fsp3) is 0.0909. The van der Waals surface area contributed by atoms with Crippen molar-refractivity contribution in [3.8, 4) is 5.75 Å². The molecule has 0 atom stereocenters. The van der Waals surface area contributed by atoms with Crippen molar-refractivity contribution in [3.63, 3.8) is 0 Å². The van der Waals surface area contributed by atoms with Crippen molar-refractivity contribution >= 4 is 17.5 Å². The van der Waals surface area contributed by atoms with Crippen molar-refractivity contribution in [2.45, 2.75) is 0 Å². The molecule has 5 heteroatoms. The summed E-state index contributed by atoms with van der Waals surface area (Å²) in [5.74, 6) is -2.20. The molecule has 0 amide bonds. The van der Waals surface area contributed by atoms with E-state index in [4.69, 9.17) is 5.11 Å². The minimum atomic E-state index is -1.19. The minimum absolute atomic E-state index is 0.0950. The lowest BCUT2D eigenvalue weighted by Gasteiger charge is -2.05. The standard InChI is InChI=1S/C11H10O5/c1-6(10(13)14)7-3-4-9(12)8(5-7)11(15)16-2/h3-5,12H,1H2,2H3,(H,13,14). The van der Waals surface area contributed by atoms with E-state index in [2.05, 4.69) is 11.3 Å². The second-order valence-electron chi connectivity index (χ2n) is 3.01. The highest BCUT2D eigenvalue weighted by Gasteiger charge is 2.15. The third kappa shape index (κ3) is 2.20. The van der Waals surface area contributed by atoms with Gasteiger partial charge in [-0.05, 0) is 17.7 Å². The van der Waals surface area contributed by atoms with E-state index in [-0.39, 0.29) is 22.4 Å². The van der Waals surface area contributed by atoms with Gasteiger partial charge in [0.15, 0.2) is 0 Å². The molecule has 0 aliphatic heterocycles. The van der Waals surface area contributed by atoms with Crippen molar-refractivity contribution in [1.29, 1.82) is 0 Å². The summed E-state index contributed by atoms with van der Waals surface area (Å²) < 4.78 is 4.44. The van der Waals surface area contributed by atoms with Gasteiger partial charge in [0.1, 0.15) is 11.3 Å². The molecule has 16 heavy (non-hydrogen) atoms. The first-order chi connectivity index (χ1) is 7.47. The number of aliphatic carboxylic acids is 1. The number of aromatic hydroxyl groups is 1. The van der Waals surface area contributed by atoms with E-state index in [1.807, 2.05) is 0 Å². The second kappa shape index (κ2) is 4.48. The number of benzene rings is 1. The van der Waals surface area contributed by atoms with Crippen LogP contribution in [0, 0.1) is 0 Å². The van der Waals surface area contributed by atoms with Crippen molar-refractivity contribution < 1.29 is 24.5 Å². The number of ether oxygens (including phenoxy) is 1. The van der Waals surface area contributed by atoms with Gasteiger partial charge in [-0.25, -0.2) is 9.59 Å². The lowest BCUT2D eigenvalue weighted by molar-refractivity contribution is -0.130. The first-order valence-corrected chi connectivity index (χ1v) is 4.31. The molecule has 0 spiro atoms. The highest BCUT2D eigenvalue weighted by Crippen LogP contribution is 2.23. The molecule has 0 aliphatic rings. The van der Waals surface area contributed by atoms with Crippen molar-refractivity contribution in [2.75, 3.05) is 7.11 Å². The van der Waals surface area contributed by atoms with Gasteiger partial charge in [-0.3, -0.25) is 0 Å². The van der Waals surface area contributed by atoms with Gasteiger partial charge in [-0.1, -0.05) is 12.6 Å². The Bertz CT molecular complexity index is 461. The molecular weight excluding hydrogens is 212 g/mol. The molecule has 0 bridgehead atoms. The van der Waals surface area contributed by atoms with Gasteiger partial charge in [0.25, 0.3) is 0 Å². The first kappa shape index (κ1) is 11.8. The first-order valence-electron chi connectivity index (χ1n) is 4.31. The number of carboxylic acids is 1. The largest absolute Gasteiger partial charge is 0.507 e. The third-order valence-corrected chi connectivity index (χ3v) is 2.01. The molecule has 1 aromatic carbocycles. The molecule has 0 fully saturated rings. The lowest BCUT2D eigenvalue weighted by Crippen LogP contribution is -2.04. The monoisotopic (exact) mass is 222 g/mol. The zero-order valence-corrected chi connectivity index (χ0v) is 8.56. The molecule has 0 aliphatic carbocycles. The minimum Gasteiger partial charge on any atom is -0.507 e. The maximum atomic E-state index is 11.2. The molecule has 0 radical (unpaired) electrons. The zero-order chi connectivity index (χ0) is 12.3. The van der Waals surface area contributed by atoms with Crippen LogP contribution in [0.5, 0.6) is 5.75 Å². The van der Waals surface area contributed by atoms with Crippen LogP contribution >= 0.6 is 0 Å². The summed E-state index contributed by atoms with van der Waals surface area (Å²) in [4.78, 5) is 21.9. The molecular formula is C11H10O5. The van der Waals surface area contributed by atoms with Crippen LogP contribution in [0.1, 0.15) is 15.9 Å². The van der Waals surface area contributed by atoms with Gasteiger partial charge >= 0.3 is 11.9 Å². The van der Waals surface area contributed by atoms with E-state index in [1.54, 1.807) is 0 Å². The van der Waals surface area contributed by atoms with Crippen LogP contribution in [0.4, 0.5) is 0 Å². The van der Waals surface area contributed by atoms with E-state index in [9.17, 15) is 14.7 Å². The number of hydrogen-bond acceptors (Lipinski definition) is 4. The zero-order valence-electron chi connectivity index (χ0n) is 8.56. The van der Waals surface area contributed by atoms with E-state index >= 15 is 0 Å². The Morgan fingerprint density at radius 2 is 2.00 bits per heavy atom. The average Bonchev–Trinajstić information content (AvgIpc) is 2.27. The Morgan fingerprint density at radius 1 is 1.38 bits per heavy atom. The highest BCUT2D eigenvalue weighted by atomic mass is 16.5. The summed E-state index contributed by atoms with van der Waals surface area (Å²) in [6, 6.07) is 3.80. The predicted molar refractivity (Wildman–Crippen MR) is 56.1 cm³/mol. The van der Waals surface area contributed by atoms with Gasteiger partial charge in [-0.15, -0.1) is 0 Å². The molecule has 1 rings (SSSR count).